The molecule has 49 heavy (non-hydrogen) atoms. The molecule has 1 aliphatic heterocycles. The maximum absolute atomic E-state index is 14.6. The van der Waals surface area contributed by atoms with E-state index in [1.807, 2.05) is 44.2 Å². The van der Waals surface area contributed by atoms with Crippen LogP contribution in [0.5, 0.6) is 5.75 Å². The summed E-state index contributed by atoms with van der Waals surface area (Å²) in [5.41, 5.74) is 6.35. The standard InChI is InChI=1S/C35H48N5O8P/c1-8-22(9-2)18-45-33(43)21(3)39-49(44,48-27-16-14-25(34(4,5)6)23-12-10-11-13-24(23)27)46-19-28-30(41)31(42)35(7,47-28)29-17-15-26-32(36)37-20-38-40(26)29/h10-17,20-22,28,30-31,41-42H,8-9,18-19H2,1-7H3,(H,39,44)(H2,36,37,38)/t21-,28+,30+,31+,35-,49?/m0/s1. The number of hydrogen-bond acceptors (Lipinski definition) is 11. The number of esters is 1. The third kappa shape index (κ3) is 7.47. The smallest absolute Gasteiger partial charge is 0.459 e. The highest BCUT2D eigenvalue weighted by atomic mass is 31.2. The van der Waals surface area contributed by atoms with E-state index in [0.29, 0.717) is 16.6 Å². The van der Waals surface area contributed by atoms with Crippen molar-refractivity contribution in [1.82, 2.24) is 19.7 Å². The van der Waals surface area contributed by atoms with Crippen LogP contribution >= 0.6 is 7.75 Å². The van der Waals surface area contributed by atoms with Crippen molar-refractivity contribution in [1.29, 1.82) is 0 Å². The van der Waals surface area contributed by atoms with Crippen molar-refractivity contribution in [2.45, 2.75) is 96.7 Å². The molecule has 6 atom stereocenters. The third-order valence-corrected chi connectivity index (χ3v) is 10.9. The molecule has 0 spiro atoms. The van der Waals surface area contributed by atoms with Gasteiger partial charge in [0.05, 0.1) is 18.9 Å². The van der Waals surface area contributed by atoms with Crippen LogP contribution in [0, 0.1) is 5.92 Å². The highest BCUT2D eigenvalue weighted by Gasteiger charge is 2.54. The zero-order valence-corrected chi connectivity index (χ0v) is 30.0. The number of carbonyl (C=O) groups is 1. The lowest BCUT2D eigenvalue weighted by Gasteiger charge is -2.28. The van der Waals surface area contributed by atoms with Gasteiger partial charge in [-0.2, -0.15) is 10.2 Å². The van der Waals surface area contributed by atoms with Gasteiger partial charge in [0, 0.05) is 5.39 Å². The van der Waals surface area contributed by atoms with Gasteiger partial charge in [-0.25, -0.2) is 14.1 Å². The number of nitrogens with two attached hydrogens (primary N) is 1. The summed E-state index contributed by atoms with van der Waals surface area (Å²) in [7, 11) is -4.38. The van der Waals surface area contributed by atoms with Gasteiger partial charge in [-0.1, -0.05) is 77.8 Å². The predicted octanol–water partition coefficient (Wildman–Crippen LogP) is 5.26. The van der Waals surface area contributed by atoms with Crippen molar-refractivity contribution < 1.29 is 38.1 Å². The van der Waals surface area contributed by atoms with Crippen LogP contribution in [0.1, 0.15) is 72.6 Å². The van der Waals surface area contributed by atoms with E-state index in [1.165, 1.54) is 17.8 Å². The third-order valence-electron chi connectivity index (χ3n) is 9.30. The number of hydrogen-bond donors (Lipinski definition) is 4. The van der Waals surface area contributed by atoms with Gasteiger partial charge in [0.2, 0.25) is 0 Å². The van der Waals surface area contributed by atoms with E-state index in [2.05, 4.69) is 35.9 Å². The van der Waals surface area contributed by atoms with Gasteiger partial charge >= 0.3 is 13.7 Å². The Hall–Kier alpha value is -3.58. The van der Waals surface area contributed by atoms with E-state index in [0.717, 1.165) is 23.8 Å². The quantitative estimate of drug-likeness (QED) is 0.105. The first kappa shape index (κ1) is 36.7. The minimum absolute atomic E-state index is 0.184. The maximum Gasteiger partial charge on any atom is 0.459 e. The molecule has 0 radical (unpaired) electrons. The molecule has 1 saturated heterocycles. The van der Waals surface area contributed by atoms with E-state index in [9.17, 15) is 19.6 Å². The summed E-state index contributed by atoms with van der Waals surface area (Å²) in [6.45, 7) is 13.3. The van der Waals surface area contributed by atoms with Gasteiger partial charge < -0.3 is 29.9 Å². The van der Waals surface area contributed by atoms with E-state index in [-0.39, 0.29) is 29.5 Å². The topological polar surface area (TPSA) is 180 Å². The summed E-state index contributed by atoms with van der Waals surface area (Å²) < 4.78 is 40.0. The molecule has 0 bridgehead atoms. The molecule has 2 aromatic carbocycles. The molecule has 1 unspecified atom stereocenters. The molecular weight excluding hydrogens is 649 g/mol. The van der Waals surface area contributed by atoms with Gasteiger partial charge in [0.1, 0.15) is 47.5 Å². The molecule has 1 fully saturated rings. The van der Waals surface area contributed by atoms with Crippen LogP contribution in [0.3, 0.4) is 0 Å². The average molecular weight is 698 g/mol. The Labute approximate surface area is 286 Å². The highest BCUT2D eigenvalue weighted by Crippen LogP contribution is 2.49. The predicted molar refractivity (Wildman–Crippen MR) is 186 cm³/mol. The molecule has 266 valence electrons. The van der Waals surface area contributed by atoms with Gasteiger partial charge in [-0.3, -0.25) is 9.32 Å². The number of nitrogens with one attached hydrogen (secondary N) is 1. The van der Waals surface area contributed by atoms with Crippen LogP contribution in [0.15, 0.2) is 54.9 Å². The zero-order chi connectivity index (χ0) is 35.7. The summed E-state index contributed by atoms with van der Waals surface area (Å²) >= 11 is 0. The lowest BCUT2D eigenvalue weighted by molar-refractivity contribution is -0.146. The van der Waals surface area contributed by atoms with Crippen LogP contribution in [-0.4, -0.2) is 68.3 Å². The molecule has 13 nitrogen and oxygen atoms in total. The van der Waals surface area contributed by atoms with Crippen LogP contribution in [-0.2, 0) is 34.4 Å². The van der Waals surface area contributed by atoms with E-state index in [1.54, 1.807) is 25.1 Å². The molecule has 3 heterocycles. The van der Waals surface area contributed by atoms with Crippen LogP contribution < -0.4 is 15.3 Å². The van der Waals surface area contributed by atoms with Gasteiger partial charge in [-0.15, -0.1) is 0 Å². The summed E-state index contributed by atoms with van der Waals surface area (Å²) in [6.07, 6.45) is -1.04. The Kier molecular flexibility index (Phi) is 10.7. The summed E-state index contributed by atoms with van der Waals surface area (Å²) in [4.78, 5) is 17.0. The van der Waals surface area contributed by atoms with Crippen LogP contribution in [0.4, 0.5) is 5.82 Å². The number of aromatic nitrogens is 3. The van der Waals surface area contributed by atoms with Gasteiger partial charge in [0.25, 0.3) is 0 Å². The first-order chi connectivity index (χ1) is 23.1. The molecule has 5 N–H and O–H groups in total. The fourth-order valence-corrected chi connectivity index (χ4v) is 7.71. The van der Waals surface area contributed by atoms with E-state index < -0.39 is 50.3 Å². The van der Waals surface area contributed by atoms with Crippen LogP contribution in [0.25, 0.3) is 16.3 Å². The van der Waals surface area contributed by atoms with Crippen LogP contribution in [0.2, 0.25) is 0 Å². The fourth-order valence-electron chi connectivity index (χ4n) is 6.19. The van der Waals surface area contributed by atoms with Crippen molar-refractivity contribution in [3.05, 3.63) is 66.1 Å². The Morgan fingerprint density at radius 3 is 2.49 bits per heavy atom. The number of ether oxygens (including phenoxy) is 2. The minimum Gasteiger partial charge on any atom is -0.464 e. The first-order valence-electron chi connectivity index (χ1n) is 16.6. The SMILES string of the molecule is CCC(CC)COC(=O)[C@H](C)NP(=O)(OC[C@H]1O[C@@](C)(c2ccc3c(N)ncnn23)[C@H](O)[C@@H]1O)Oc1ccc(C(C)(C)C)c2ccccc12. The number of nitrogen functional groups attached to an aromatic ring is 1. The van der Waals surface area contributed by atoms with Crippen molar-refractivity contribution >= 4 is 35.8 Å². The number of benzene rings is 2. The Balaban J connectivity index is 1.43. The molecule has 5 rings (SSSR count). The average Bonchev–Trinajstić information content (AvgIpc) is 3.60. The molecule has 1 aliphatic rings. The largest absolute Gasteiger partial charge is 0.464 e. The summed E-state index contributed by atoms with van der Waals surface area (Å²) in [5.74, 6) is 0.0866. The number of fused-ring (bicyclic) bond motifs is 2. The number of nitrogens with zero attached hydrogens (tertiary/aromatic N) is 3. The molecule has 2 aromatic heterocycles. The van der Waals surface area contributed by atoms with Crippen molar-refractivity contribution in [3.63, 3.8) is 0 Å². The zero-order valence-electron chi connectivity index (χ0n) is 29.1. The summed E-state index contributed by atoms with van der Waals surface area (Å²) in [6, 6.07) is 13.5. The number of carbonyl (C=O) groups excluding carboxylic acids is 1. The maximum atomic E-state index is 14.6. The number of anilines is 1. The van der Waals surface area contributed by atoms with Crippen molar-refractivity contribution in [2.24, 2.45) is 5.92 Å². The highest BCUT2D eigenvalue weighted by molar-refractivity contribution is 7.52. The Morgan fingerprint density at radius 2 is 1.82 bits per heavy atom. The second-order valence-electron chi connectivity index (χ2n) is 13.8. The lowest BCUT2D eigenvalue weighted by Crippen LogP contribution is -2.40. The van der Waals surface area contributed by atoms with E-state index in [4.69, 9.17) is 24.3 Å². The van der Waals surface area contributed by atoms with Gasteiger partial charge in [-0.05, 0) is 54.3 Å². The molecule has 0 amide bonds. The fraction of sp³-hybridized carbons (Fsp3) is 0.514. The Morgan fingerprint density at radius 1 is 1.12 bits per heavy atom. The summed E-state index contributed by atoms with van der Waals surface area (Å²) in [5, 5.41) is 31.0. The second-order valence-corrected chi connectivity index (χ2v) is 15.5. The molecule has 14 heteroatoms. The minimum atomic E-state index is -4.38. The van der Waals surface area contributed by atoms with Gasteiger partial charge in [0.15, 0.2) is 5.82 Å². The lowest BCUT2D eigenvalue weighted by atomic mass is 9.83. The second kappa shape index (κ2) is 14.3. The van der Waals surface area contributed by atoms with Crippen molar-refractivity contribution in [2.75, 3.05) is 18.9 Å². The molecule has 4 aromatic rings. The molecule has 0 aliphatic carbocycles. The monoisotopic (exact) mass is 697 g/mol. The molecule has 0 saturated carbocycles. The molecular formula is C35H48N5O8P. The number of aliphatic hydroxyl groups excluding tert-OH is 2. The number of rotatable bonds is 13. The Bertz CT molecular complexity index is 1840. The van der Waals surface area contributed by atoms with Crippen molar-refractivity contribution in [3.8, 4) is 5.75 Å². The number of aliphatic hydroxyl groups is 2. The first-order valence-corrected chi connectivity index (χ1v) is 18.2. The van der Waals surface area contributed by atoms with E-state index >= 15 is 0 Å². The normalized spacial score (nSPS) is 23.2.